The van der Waals surface area contributed by atoms with Gasteiger partial charge in [0.1, 0.15) is 5.15 Å². The van der Waals surface area contributed by atoms with Crippen molar-refractivity contribution in [2.75, 3.05) is 13.2 Å². The van der Waals surface area contributed by atoms with Crippen molar-refractivity contribution in [3.63, 3.8) is 0 Å². The number of ether oxygens (including phenoxy) is 2. The molecule has 0 bridgehead atoms. The topological polar surface area (TPSA) is 31.4 Å². The van der Waals surface area contributed by atoms with Crippen molar-refractivity contribution in [1.82, 2.24) is 4.98 Å². The number of aromatic nitrogens is 1. The van der Waals surface area contributed by atoms with E-state index in [2.05, 4.69) is 4.98 Å². The van der Waals surface area contributed by atoms with Gasteiger partial charge in [-0.15, -0.1) is 0 Å². The molecule has 0 aliphatic carbocycles. The maximum Gasteiger partial charge on any atom is 0.186 e. The van der Waals surface area contributed by atoms with E-state index >= 15 is 0 Å². The predicted molar refractivity (Wildman–Crippen MR) is 77.8 cm³/mol. The van der Waals surface area contributed by atoms with E-state index in [1.54, 1.807) is 6.07 Å². The maximum atomic E-state index is 6.21. The van der Waals surface area contributed by atoms with Gasteiger partial charge in [-0.25, -0.2) is 4.98 Å². The minimum Gasteiger partial charge on any atom is -0.349 e. The van der Waals surface area contributed by atoms with E-state index < -0.39 is 6.29 Å². The molecule has 3 nitrogen and oxygen atoms in total. The maximum absolute atomic E-state index is 6.21. The molecule has 0 aliphatic rings. The molecule has 19 heavy (non-hydrogen) atoms. The number of hydrogen-bond acceptors (Lipinski definition) is 3. The average Bonchev–Trinajstić information content (AvgIpc) is 2.37. The second-order valence-corrected chi connectivity index (χ2v) is 4.74. The van der Waals surface area contributed by atoms with Crippen LogP contribution in [0, 0.1) is 0 Å². The van der Waals surface area contributed by atoms with Gasteiger partial charge in [0.2, 0.25) is 0 Å². The third-order valence-electron chi connectivity index (χ3n) is 2.65. The molecule has 0 saturated heterocycles. The first-order chi connectivity index (χ1) is 9.15. The Balaban J connectivity index is 2.47. The minimum atomic E-state index is -0.491. The molecule has 0 aliphatic heterocycles. The van der Waals surface area contributed by atoms with Gasteiger partial charge >= 0.3 is 0 Å². The van der Waals surface area contributed by atoms with Crippen molar-refractivity contribution in [1.29, 1.82) is 0 Å². The van der Waals surface area contributed by atoms with Crippen molar-refractivity contribution in [2.45, 2.75) is 20.1 Å². The molecule has 0 atom stereocenters. The quantitative estimate of drug-likeness (QED) is 0.596. The summed E-state index contributed by atoms with van der Waals surface area (Å²) < 4.78 is 11.1. The second kappa shape index (κ2) is 6.53. The zero-order valence-corrected chi connectivity index (χ0v) is 12.3. The van der Waals surface area contributed by atoms with Gasteiger partial charge in [-0.05, 0) is 32.0 Å². The van der Waals surface area contributed by atoms with Crippen molar-refractivity contribution in [2.24, 2.45) is 0 Å². The molecule has 0 saturated carbocycles. The Morgan fingerprint density at radius 3 is 2.42 bits per heavy atom. The van der Waals surface area contributed by atoms with Gasteiger partial charge < -0.3 is 9.47 Å². The largest absolute Gasteiger partial charge is 0.349 e. The van der Waals surface area contributed by atoms with Gasteiger partial charge in [0.05, 0.1) is 5.52 Å². The minimum absolute atomic E-state index is 0.377. The Bertz CT molecular complexity index is 569. The van der Waals surface area contributed by atoms with Gasteiger partial charge in [0.15, 0.2) is 6.29 Å². The number of halogens is 2. The normalized spacial score (nSPS) is 11.4. The fourth-order valence-corrected chi connectivity index (χ4v) is 2.23. The number of fused-ring (bicyclic) bond motifs is 1. The van der Waals surface area contributed by atoms with Gasteiger partial charge in [-0.3, -0.25) is 0 Å². The molecular weight excluding hydrogens is 285 g/mol. The second-order valence-electron chi connectivity index (χ2n) is 3.95. The monoisotopic (exact) mass is 299 g/mol. The zero-order chi connectivity index (χ0) is 13.8. The summed E-state index contributed by atoms with van der Waals surface area (Å²) in [6, 6.07) is 7.43. The first-order valence-electron chi connectivity index (χ1n) is 6.14. The number of rotatable bonds is 5. The Kier molecular flexibility index (Phi) is 4.99. The Morgan fingerprint density at radius 2 is 1.79 bits per heavy atom. The summed E-state index contributed by atoms with van der Waals surface area (Å²) >= 11 is 12.1. The first-order valence-corrected chi connectivity index (χ1v) is 6.90. The van der Waals surface area contributed by atoms with Crippen LogP contribution in [-0.4, -0.2) is 18.2 Å². The lowest BCUT2D eigenvalue weighted by atomic mass is 10.1. The first kappa shape index (κ1) is 14.5. The molecular formula is C14H15Cl2NO2. The SMILES string of the molecule is CCOC(OCC)c1cc2ccc(Cl)cc2nc1Cl. The fraction of sp³-hybridized carbons (Fsp3) is 0.357. The highest BCUT2D eigenvalue weighted by Crippen LogP contribution is 2.29. The number of pyridine rings is 1. The van der Waals surface area contributed by atoms with Crippen LogP contribution < -0.4 is 0 Å². The lowest BCUT2D eigenvalue weighted by molar-refractivity contribution is -0.140. The highest BCUT2D eigenvalue weighted by molar-refractivity contribution is 6.32. The lowest BCUT2D eigenvalue weighted by Gasteiger charge is -2.18. The number of benzene rings is 1. The molecule has 2 aromatic rings. The van der Waals surface area contributed by atoms with Crippen LogP contribution in [0.25, 0.3) is 10.9 Å². The Hall–Kier alpha value is -0.870. The summed E-state index contributed by atoms with van der Waals surface area (Å²) in [5, 5.41) is 1.96. The van der Waals surface area contributed by atoms with Crippen LogP contribution >= 0.6 is 23.2 Å². The third-order valence-corrected chi connectivity index (χ3v) is 3.19. The molecule has 2 rings (SSSR count). The van der Waals surface area contributed by atoms with Gasteiger partial charge in [-0.1, -0.05) is 29.3 Å². The van der Waals surface area contributed by atoms with E-state index in [4.69, 9.17) is 32.7 Å². The zero-order valence-electron chi connectivity index (χ0n) is 10.8. The molecule has 0 amide bonds. The molecule has 0 spiro atoms. The smallest absolute Gasteiger partial charge is 0.186 e. The molecule has 102 valence electrons. The molecule has 0 N–H and O–H groups in total. The van der Waals surface area contributed by atoms with E-state index in [1.165, 1.54) is 0 Å². The van der Waals surface area contributed by atoms with E-state index in [-0.39, 0.29) is 0 Å². The molecule has 0 fully saturated rings. The molecule has 0 unspecified atom stereocenters. The van der Waals surface area contributed by atoms with E-state index in [0.29, 0.717) is 23.4 Å². The van der Waals surface area contributed by atoms with Crippen LogP contribution in [-0.2, 0) is 9.47 Å². The summed E-state index contributed by atoms with van der Waals surface area (Å²) in [5.41, 5.74) is 1.49. The van der Waals surface area contributed by atoms with Crippen LogP contribution in [0.4, 0.5) is 0 Å². The predicted octanol–water partition coefficient (Wildman–Crippen LogP) is 4.61. The van der Waals surface area contributed by atoms with E-state index in [0.717, 1.165) is 16.5 Å². The summed E-state index contributed by atoms with van der Waals surface area (Å²) in [6.45, 7) is 4.90. The number of hydrogen-bond donors (Lipinski definition) is 0. The van der Waals surface area contributed by atoms with Gasteiger partial charge in [-0.2, -0.15) is 0 Å². The van der Waals surface area contributed by atoms with Crippen LogP contribution in [0.3, 0.4) is 0 Å². The Labute approximate surface area is 122 Å². The van der Waals surface area contributed by atoms with Crippen molar-refractivity contribution < 1.29 is 9.47 Å². The standard InChI is InChI=1S/C14H15Cl2NO2/c1-3-18-14(19-4-2)11-7-9-5-6-10(15)8-12(9)17-13(11)16/h5-8,14H,3-4H2,1-2H3. The van der Waals surface area contributed by atoms with Crippen LogP contribution in [0.5, 0.6) is 0 Å². The summed E-state index contributed by atoms with van der Waals surface area (Å²) in [6.07, 6.45) is -0.491. The molecule has 1 heterocycles. The molecule has 5 heteroatoms. The van der Waals surface area contributed by atoms with Crippen molar-refractivity contribution in [3.05, 3.63) is 40.0 Å². The van der Waals surface area contributed by atoms with Crippen LogP contribution in [0.2, 0.25) is 10.2 Å². The average molecular weight is 300 g/mol. The summed E-state index contributed by atoms with van der Waals surface area (Å²) in [5.74, 6) is 0. The molecule has 1 aromatic heterocycles. The summed E-state index contributed by atoms with van der Waals surface area (Å²) in [4.78, 5) is 4.34. The van der Waals surface area contributed by atoms with E-state index in [1.807, 2.05) is 32.0 Å². The van der Waals surface area contributed by atoms with Crippen molar-refractivity contribution in [3.8, 4) is 0 Å². The summed E-state index contributed by atoms with van der Waals surface area (Å²) in [7, 11) is 0. The van der Waals surface area contributed by atoms with Gasteiger partial charge in [0.25, 0.3) is 0 Å². The van der Waals surface area contributed by atoms with Gasteiger partial charge in [0, 0.05) is 29.2 Å². The van der Waals surface area contributed by atoms with Crippen LogP contribution in [0.1, 0.15) is 25.7 Å². The van der Waals surface area contributed by atoms with E-state index in [9.17, 15) is 0 Å². The molecule has 0 radical (unpaired) electrons. The third kappa shape index (κ3) is 3.37. The lowest BCUT2D eigenvalue weighted by Crippen LogP contribution is -2.10. The Morgan fingerprint density at radius 1 is 1.11 bits per heavy atom. The number of nitrogens with zero attached hydrogens (tertiary/aromatic N) is 1. The highest BCUT2D eigenvalue weighted by atomic mass is 35.5. The van der Waals surface area contributed by atoms with Crippen LogP contribution in [0.15, 0.2) is 24.3 Å². The molecule has 1 aromatic carbocycles. The van der Waals surface area contributed by atoms with Crippen molar-refractivity contribution >= 4 is 34.1 Å². The fourth-order valence-electron chi connectivity index (χ4n) is 1.83. The highest BCUT2D eigenvalue weighted by Gasteiger charge is 2.17.